The summed E-state index contributed by atoms with van der Waals surface area (Å²) in [7, 11) is 1.51. The summed E-state index contributed by atoms with van der Waals surface area (Å²) in [5, 5.41) is 8.57. The van der Waals surface area contributed by atoms with Crippen LogP contribution in [0.1, 0.15) is 23.4 Å². The fourth-order valence-corrected chi connectivity index (χ4v) is 2.39. The van der Waals surface area contributed by atoms with Gasteiger partial charge < -0.3 is 14.2 Å². The number of hydrogen-bond donors (Lipinski definition) is 0. The van der Waals surface area contributed by atoms with Gasteiger partial charge in [-0.25, -0.2) is 4.79 Å². The number of hydrogen-bond acceptors (Lipinski definition) is 6. The molecule has 0 radical (unpaired) electrons. The Kier molecular flexibility index (Phi) is 7.86. The molecule has 0 spiro atoms. The van der Waals surface area contributed by atoms with E-state index >= 15 is 0 Å². The van der Waals surface area contributed by atoms with E-state index in [1.165, 1.54) is 13.2 Å². The van der Waals surface area contributed by atoms with Gasteiger partial charge in [0, 0.05) is 17.5 Å². The van der Waals surface area contributed by atoms with Crippen LogP contribution in [0.15, 0.2) is 42.5 Å². The Morgan fingerprint density at radius 3 is 2.85 bits per heavy atom. The minimum atomic E-state index is -0.407. The third-order valence-corrected chi connectivity index (χ3v) is 3.66. The maximum absolute atomic E-state index is 11.8. The molecule has 140 valence electrons. The number of nitriles is 1. The van der Waals surface area contributed by atoms with Crippen LogP contribution in [0.3, 0.4) is 0 Å². The average Bonchev–Trinajstić information content (AvgIpc) is 2.68. The summed E-state index contributed by atoms with van der Waals surface area (Å²) < 4.78 is 15.7. The van der Waals surface area contributed by atoms with Gasteiger partial charge in [0.05, 0.1) is 13.7 Å². The van der Waals surface area contributed by atoms with Crippen molar-refractivity contribution >= 4 is 12.0 Å². The Morgan fingerprint density at radius 2 is 2.11 bits per heavy atom. The largest absolute Gasteiger partial charge is 0.493 e. The van der Waals surface area contributed by atoms with Crippen molar-refractivity contribution in [2.24, 2.45) is 0 Å². The van der Waals surface area contributed by atoms with Crippen LogP contribution < -0.4 is 9.47 Å². The van der Waals surface area contributed by atoms with Crippen molar-refractivity contribution in [2.45, 2.75) is 19.8 Å². The molecular formula is C21H22N2O4. The lowest BCUT2D eigenvalue weighted by atomic mass is 10.2. The first-order valence-corrected chi connectivity index (χ1v) is 8.57. The highest BCUT2D eigenvalue weighted by Crippen LogP contribution is 2.28. The molecular weight excluding hydrogens is 344 g/mol. The van der Waals surface area contributed by atoms with E-state index in [9.17, 15) is 4.79 Å². The van der Waals surface area contributed by atoms with Crippen LogP contribution in [0.4, 0.5) is 0 Å². The summed E-state index contributed by atoms with van der Waals surface area (Å²) in [6.07, 6.45) is 4.49. The minimum Gasteiger partial charge on any atom is -0.493 e. The number of esters is 1. The first-order valence-electron chi connectivity index (χ1n) is 8.57. The third-order valence-electron chi connectivity index (χ3n) is 3.66. The number of benzene rings is 1. The van der Waals surface area contributed by atoms with Crippen LogP contribution in [0.5, 0.6) is 11.5 Å². The molecule has 6 heteroatoms. The molecule has 0 saturated heterocycles. The molecule has 27 heavy (non-hydrogen) atoms. The van der Waals surface area contributed by atoms with Gasteiger partial charge in [0.15, 0.2) is 18.1 Å². The van der Waals surface area contributed by atoms with E-state index in [2.05, 4.69) is 4.98 Å². The van der Waals surface area contributed by atoms with Gasteiger partial charge in [0.2, 0.25) is 0 Å². The Balaban J connectivity index is 1.81. The highest BCUT2D eigenvalue weighted by Gasteiger charge is 2.05. The number of methoxy groups -OCH3 is 1. The number of carbonyl (C=O) groups excluding carboxylic acids is 1. The van der Waals surface area contributed by atoms with Gasteiger partial charge in [-0.2, -0.15) is 5.26 Å². The summed E-state index contributed by atoms with van der Waals surface area (Å²) in [5.41, 5.74) is 2.73. The molecule has 0 atom stereocenters. The lowest BCUT2D eigenvalue weighted by Crippen LogP contribution is -2.04. The van der Waals surface area contributed by atoms with Gasteiger partial charge in [0.1, 0.15) is 6.07 Å². The van der Waals surface area contributed by atoms with Gasteiger partial charge in [-0.1, -0.05) is 12.1 Å². The first-order chi connectivity index (χ1) is 13.1. The second-order valence-corrected chi connectivity index (χ2v) is 5.73. The van der Waals surface area contributed by atoms with Crippen LogP contribution in [0, 0.1) is 18.3 Å². The third kappa shape index (κ3) is 6.83. The lowest BCUT2D eigenvalue weighted by molar-refractivity contribution is -0.137. The lowest BCUT2D eigenvalue weighted by Gasteiger charge is -2.08. The van der Waals surface area contributed by atoms with Gasteiger partial charge in [-0.05, 0) is 55.7 Å². The predicted octanol–water partition coefficient (Wildman–Crippen LogP) is 3.49. The van der Waals surface area contributed by atoms with E-state index in [0.29, 0.717) is 18.1 Å². The fourth-order valence-electron chi connectivity index (χ4n) is 2.39. The molecule has 0 aliphatic heterocycles. The van der Waals surface area contributed by atoms with E-state index < -0.39 is 5.97 Å². The number of pyridine rings is 1. The first kappa shape index (κ1) is 20.0. The molecule has 2 aromatic rings. The molecule has 0 aliphatic rings. The second-order valence-electron chi connectivity index (χ2n) is 5.73. The Bertz CT molecular complexity index is 840. The topological polar surface area (TPSA) is 81.4 Å². The molecule has 1 aromatic carbocycles. The molecule has 0 bridgehead atoms. The molecule has 0 fully saturated rings. The Morgan fingerprint density at radius 1 is 1.26 bits per heavy atom. The molecule has 0 N–H and O–H groups in total. The minimum absolute atomic E-state index is 0.0596. The number of ether oxygens (including phenoxy) is 3. The van der Waals surface area contributed by atoms with E-state index in [1.54, 1.807) is 24.3 Å². The highest BCUT2D eigenvalue weighted by atomic mass is 16.5. The normalized spacial score (nSPS) is 10.4. The zero-order chi connectivity index (χ0) is 19.5. The zero-order valence-corrected chi connectivity index (χ0v) is 15.5. The number of carbonyl (C=O) groups is 1. The monoisotopic (exact) mass is 366 g/mol. The van der Waals surface area contributed by atoms with Crippen molar-refractivity contribution in [1.82, 2.24) is 4.98 Å². The zero-order valence-electron chi connectivity index (χ0n) is 15.5. The van der Waals surface area contributed by atoms with Crippen LogP contribution in [-0.2, 0) is 16.0 Å². The molecule has 0 saturated carbocycles. The maximum Gasteiger partial charge on any atom is 0.330 e. The molecule has 0 aliphatic carbocycles. The van der Waals surface area contributed by atoms with E-state index in [1.807, 2.05) is 31.2 Å². The number of aromatic nitrogens is 1. The second kappa shape index (κ2) is 10.6. The summed E-state index contributed by atoms with van der Waals surface area (Å²) >= 11 is 0. The Hall–Kier alpha value is -3.33. The smallest absolute Gasteiger partial charge is 0.330 e. The average molecular weight is 366 g/mol. The van der Waals surface area contributed by atoms with Crippen LogP contribution in [-0.4, -0.2) is 31.3 Å². The van der Waals surface area contributed by atoms with Crippen molar-refractivity contribution in [3.8, 4) is 17.6 Å². The number of aryl methyl sites for hydroxylation is 2. The standard InChI is InChI=1S/C21H22N2O4/c1-16-5-3-6-18(23-16)7-4-13-27-21(24)11-9-17-8-10-19(26-14-12-22)20(15-17)25-2/h3,5-6,8-11,15H,4,7,13-14H2,1-2H3. The van der Waals surface area contributed by atoms with Crippen molar-refractivity contribution < 1.29 is 19.0 Å². The highest BCUT2D eigenvalue weighted by molar-refractivity contribution is 5.87. The number of rotatable bonds is 9. The van der Waals surface area contributed by atoms with Gasteiger partial charge in [-0.15, -0.1) is 0 Å². The molecule has 0 amide bonds. The molecule has 0 unspecified atom stereocenters. The number of nitrogens with zero attached hydrogens (tertiary/aromatic N) is 2. The molecule has 1 aromatic heterocycles. The van der Waals surface area contributed by atoms with E-state index in [-0.39, 0.29) is 6.61 Å². The SMILES string of the molecule is COc1cc(C=CC(=O)OCCCc2cccc(C)n2)ccc1OCC#N. The van der Waals surface area contributed by atoms with E-state index in [0.717, 1.165) is 29.8 Å². The molecule has 6 nitrogen and oxygen atoms in total. The summed E-state index contributed by atoms with van der Waals surface area (Å²) in [4.78, 5) is 16.2. The van der Waals surface area contributed by atoms with Crippen LogP contribution >= 0.6 is 0 Å². The van der Waals surface area contributed by atoms with Crippen molar-refractivity contribution in [1.29, 1.82) is 5.26 Å². The molecule has 2 rings (SSSR count). The fraction of sp³-hybridized carbons (Fsp3) is 0.286. The Labute approximate surface area is 159 Å². The maximum atomic E-state index is 11.8. The van der Waals surface area contributed by atoms with Crippen molar-refractivity contribution in [2.75, 3.05) is 20.3 Å². The van der Waals surface area contributed by atoms with Crippen molar-refractivity contribution in [3.05, 3.63) is 59.4 Å². The summed E-state index contributed by atoms with van der Waals surface area (Å²) in [5.74, 6) is 0.561. The van der Waals surface area contributed by atoms with Gasteiger partial charge in [-0.3, -0.25) is 4.98 Å². The van der Waals surface area contributed by atoms with Gasteiger partial charge in [0.25, 0.3) is 0 Å². The predicted molar refractivity (Wildman–Crippen MR) is 101 cm³/mol. The van der Waals surface area contributed by atoms with Crippen LogP contribution in [0.25, 0.3) is 6.08 Å². The van der Waals surface area contributed by atoms with E-state index in [4.69, 9.17) is 19.5 Å². The molecule has 1 heterocycles. The van der Waals surface area contributed by atoms with Gasteiger partial charge >= 0.3 is 5.97 Å². The van der Waals surface area contributed by atoms with Crippen molar-refractivity contribution in [3.63, 3.8) is 0 Å². The van der Waals surface area contributed by atoms with Crippen LogP contribution in [0.2, 0.25) is 0 Å². The quantitative estimate of drug-likeness (QED) is 0.384. The summed E-state index contributed by atoms with van der Waals surface area (Å²) in [6, 6.07) is 13.0. The summed E-state index contributed by atoms with van der Waals surface area (Å²) in [6.45, 7) is 2.23.